The molecule has 3 rings (SSSR count). The van der Waals surface area contributed by atoms with Gasteiger partial charge in [0.15, 0.2) is 0 Å². The number of rotatable bonds is 4. The standard InChI is InChI=1S/C19H18N2O/c1-14(16-8-10-20-11-9-16)21-19(22)13-15-6-7-17-4-2-3-5-18(17)12-15/h2-12,14H,13H2,1H3,(H,21,22)/t14-/m1/s1. The summed E-state index contributed by atoms with van der Waals surface area (Å²) in [6.07, 6.45) is 3.86. The molecule has 0 saturated carbocycles. The van der Waals surface area contributed by atoms with Crippen molar-refractivity contribution in [3.05, 3.63) is 78.1 Å². The summed E-state index contributed by atoms with van der Waals surface area (Å²) < 4.78 is 0. The van der Waals surface area contributed by atoms with E-state index in [1.807, 2.05) is 37.3 Å². The van der Waals surface area contributed by atoms with Crippen LogP contribution in [0.25, 0.3) is 10.8 Å². The van der Waals surface area contributed by atoms with Crippen LogP contribution in [0.5, 0.6) is 0 Å². The van der Waals surface area contributed by atoms with E-state index in [1.165, 1.54) is 5.39 Å². The highest BCUT2D eigenvalue weighted by atomic mass is 16.1. The monoisotopic (exact) mass is 290 g/mol. The zero-order valence-electron chi connectivity index (χ0n) is 12.5. The Kier molecular flexibility index (Phi) is 4.15. The van der Waals surface area contributed by atoms with Crippen LogP contribution in [-0.2, 0) is 11.2 Å². The van der Waals surface area contributed by atoms with Gasteiger partial charge < -0.3 is 5.32 Å². The highest BCUT2D eigenvalue weighted by molar-refractivity contribution is 5.85. The number of hydrogen-bond acceptors (Lipinski definition) is 2. The summed E-state index contributed by atoms with van der Waals surface area (Å²) in [5, 5.41) is 5.38. The topological polar surface area (TPSA) is 42.0 Å². The van der Waals surface area contributed by atoms with Crippen molar-refractivity contribution in [3.8, 4) is 0 Å². The number of hydrogen-bond donors (Lipinski definition) is 1. The molecule has 1 heterocycles. The first kappa shape index (κ1) is 14.3. The van der Waals surface area contributed by atoms with Crippen molar-refractivity contribution >= 4 is 16.7 Å². The number of nitrogens with zero attached hydrogens (tertiary/aromatic N) is 1. The molecule has 0 aliphatic carbocycles. The van der Waals surface area contributed by atoms with Crippen molar-refractivity contribution < 1.29 is 4.79 Å². The normalized spacial score (nSPS) is 12.0. The predicted octanol–water partition coefficient (Wildman–Crippen LogP) is 3.65. The third-order valence-corrected chi connectivity index (χ3v) is 3.76. The Morgan fingerprint density at radius 3 is 2.55 bits per heavy atom. The average molecular weight is 290 g/mol. The van der Waals surface area contributed by atoms with Gasteiger partial charge >= 0.3 is 0 Å². The number of nitrogens with one attached hydrogen (secondary N) is 1. The highest BCUT2D eigenvalue weighted by Crippen LogP contribution is 2.16. The van der Waals surface area contributed by atoms with Gasteiger partial charge in [-0.3, -0.25) is 9.78 Å². The third kappa shape index (κ3) is 3.31. The maximum Gasteiger partial charge on any atom is 0.224 e. The Morgan fingerprint density at radius 2 is 1.77 bits per heavy atom. The summed E-state index contributed by atoms with van der Waals surface area (Å²) in [5.41, 5.74) is 2.08. The van der Waals surface area contributed by atoms with Crippen molar-refractivity contribution in [2.45, 2.75) is 19.4 Å². The van der Waals surface area contributed by atoms with E-state index >= 15 is 0 Å². The van der Waals surface area contributed by atoms with Crippen molar-refractivity contribution in [2.24, 2.45) is 0 Å². The Labute approximate surface area is 130 Å². The molecule has 22 heavy (non-hydrogen) atoms. The molecule has 2 aromatic carbocycles. The van der Waals surface area contributed by atoms with E-state index in [0.29, 0.717) is 6.42 Å². The van der Waals surface area contributed by atoms with Gasteiger partial charge in [-0.15, -0.1) is 0 Å². The van der Waals surface area contributed by atoms with E-state index in [9.17, 15) is 4.79 Å². The molecule has 0 aliphatic heterocycles. The second-order valence-electron chi connectivity index (χ2n) is 5.43. The molecule has 0 spiro atoms. The van der Waals surface area contributed by atoms with E-state index in [1.54, 1.807) is 12.4 Å². The van der Waals surface area contributed by atoms with Crippen LogP contribution >= 0.6 is 0 Å². The molecule has 1 atom stereocenters. The lowest BCUT2D eigenvalue weighted by molar-refractivity contribution is -0.121. The van der Waals surface area contributed by atoms with Crippen LogP contribution in [0.3, 0.4) is 0 Å². The fraction of sp³-hybridized carbons (Fsp3) is 0.158. The quantitative estimate of drug-likeness (QED) is 0.797. The molecule has 0 unspecified atom stereocenters. The summed E-state index contributed by atoms with van der Waals surface area (Å²) in [7, 11) is 0. The van der Waals surface area contributed by atoms with Gasteiger partial charge in [0.1, 0.15) is 0 Å². The number of carbonyl (C=O) groups excluding carboxylic acids is 1. The summed E-state index contributed by atoms with van der Waals surface area (Å²) in [4.78, 5) is 16.2. The molecule has 3 aromatic rings. The molecule has 0 saturated heterocycles. The molecule has 0 radical (unpaired) electrons. The van der Waals surface area contributed by atoms with Gasteiger partial charge in [-0.1, -0.05) is 42.5 Å². The van der Waals surface area contributed by atoms with Gasteiger partial charge in [0, 0.05) is 12.4 Å². The van der Waals surface area contributed by atoms with Gasteiger partial charge in [-0.2, -0.15) is 0 Å². The predicted molar refractivity (Wildman–Crippen MR) is 88.4 cm³/mol. The number of aromatic nitrogens is 1. The summed E-state index contributed by atoms with van der Waals surface area (Å²) >= 11 is 0. The Hall–Kier alpha value is -2.68. The van der Waals surface area contributed by atoms with Crippen molar-refractivity contribution in [2.75, 3.05) is 0 Å². The molecule has 0 fully saturated rings. The first-order valence-corrected chi connectivity index (χ1v) is 7.39. The molecule has 1 aromatic heterocycles. The van der Waals surface area contributed by atoms with Crippen LogP contribution in [0.4, 0.5) is 0 Å². The lowest BCUT2D eigenvalue weighted by Gasteiger charge is -2.14. The zero-order valence-corrected chi connectivity index (χ0v) is 12.5. The van der Waals surface area contributed by atoms with E-state index < -0.39 is 0 Å². The average Bonchev–Trinajstić information content (AvgIpc) is 2.55. The van der Waals surface area contributed by atoms with E-state index in [2.05, 4.69) is 34.6 Å². The number of carbonyl (C=O) groups is 1. The molecule has 1 N–H and O–H groups in total. The third-order valence-electron chi connectivity index (χ3n) is 3.76. The lowest BCUT2D eigenvalue weighted by Crippen LogP contribution is -2.28. The van der Waals surface area contributed by atoms with Crippen molar-refractivity contribution in [3.63, 3.8) is 0 Å². The fourth-order valence-corrected chi connectivity index (χ4v) is 2.56. The van der Waals surface area contributed by atoms with E-state index in [4.69, 9.17) is 0 Å². The first-order chi connectivity index (χ1) is 10.7. The molecular formula is C19H18N2O. The van der Waals surface area contributed by atoms with E-state index in [-0.39, 0.29) is 11.9 Å². The largest absolute Gasteiger partial charge is 0.349 e. The second-order valence-corrected chi connectivity index (χ2v) is 5.43. The van der Waals surface area contributed by atoms with Crippen molar-refractivity contribution in [1.29, 1.82) is 0 Å². The Balaban J connectivity index is 1.68. The van der Waals surface area contributed by atoms with E-state index in [0.717, 1.165) is 16.5 Å². The Morgan fingerprint density at radius 1 is 1.05 bits per heavy atom. The minimum absolute atomic E-state index is 0.0176. The molecule has 0 aliphatic rings. The minimum Gasteiger partial charge on any atom is -0.349 e. The SMILES string of the molecule is C[C@@H](NC(=O)Cc1ccc2ccccc2c1)c1ccncc1. The molecule has 3 heteroatoms. The maximum atomic E-state index is 12.2. The van der Waals surface area contributed by atoms with Gasteiger partial charge in [0.05, 0.1) is 12.5 Å². The highest BCUT2D eigenvalue weighted by Gasteiger charge is 2.10. The molecular weight excluding hydrogens is 272 g/mol. The summed E-state index contributed by atoms with van der Waals surface area (Å²) in [6, 6.07) is 18.1. The van der Waals surface area contributed by atoms with Crippen LogP contribution in [0, 0.1) is 0 Å². The first-order valence-electron chi connectivity index (χ1n) is 7.39. The van der Waals surface area contributed by atoms with Gasteiger partial charge in [0.2, 0.25) is 5.91 Å². The smallest absolute Gasteiger partial charge is 0.224 e. The number of fused-ring (bicyclic) bond motifs is 1. The van der Waals surface area contributed by atoms with Crippen LogP contribution in [0.15, 0.2) is 67.0 Å². The number of benzene rings is 2. The summed E-state index contributed by atoms with van der Waals surface area (Å²) in [5.74, 6) is 0.0274. The maximum absolute atomic E-state index is 12.2. The number of amides is 1. The zero-order chi connectivity index (χ0) is 15.4. The summed E-state index contributed by atoms with van der Waals surface area (Å²) in [6.45, 7) is 1.98. The lowest BCUT2D eigenvalue weighted by atomic mass is 10.0. The van der Waals surface area contributed by atoms with Crippen LogP contribution in [-0.4, -0.2) is 10.9 Å². The van der Waals surface area contributed by atoms with Crippen LogP contribution < -0.4 is 5.32 Å². The van der Waals surface area contributed by atoms with Gasteiger partial charge in [0.25, 0.3) is 0 Å². The molecule has 0 bridgehead atoms. The number of pyridine rings is 1. The van der Waals surface area contributed by atoms with Gasteiger partial charge in [-0.25, -0.2) is 0 Å². The molecule has 1 amide bonds. The van der Waals surface area contributed by atoms with Crippen LogP contribution in [0.1, 0.15) is 24.1 Å². The minimum atomic E-state index is -0.0176. The second kappa shape index (κ2) is 6.39. The van der Waals surface area contributed by atoms with Gasteiger partial charge in [-0.05, 0) is 41.0 Å². The van der Waals surface area contributed by atoms with Crippen molar-refractivity contribution in [1.82, 2.24) is 10.3 Å². The molecule has 3 nitrogen and oxygen atoms in total. The molecule has 110 valence electrons. The Bertz CT molecular complexity index is 784. The fourth-order valence-electron chi connectivity index (χ4n) is 2.56. The van der Waals surface area contributed by atoms with Crippen LogP contribution in [0.2, 0.25) is 0 Å².